The van der Waals surface area contributed by atoms with Crippen LogP contribution in [0.15, 0.2) is 41.9 Å². The molecule has 5 nitrogen and oxygen atoms in total. The summed E-state index contributed by atoms with van der Waals surface area (Å²) in [6.45, 7) is 5.85. The number of nitrogens with zero attached hydrogens (tertiary/aromatic N) is 2. The van der Waals surface area contributed by atoms with Crippen LogP contribution >= 0.6 is 11.3 Å². The minimum absolute atomic E-state index is 0.00935. The Balaban J connectivity index is 1.57. The van der Waals surface area contributed by atoms with Gasteiger partial charge in [-0.15, -0.1) is 11.3 Å². The van der Waals surface area contributed by atoms with Crippen LogP contribution < -0.4 is 5.32 Å². The summed E-state index contributed by atoms with van der Waals surface area (Å²) in [5.41, 5.74) is 3.45. The second kappa shape index (κ2) is 7.80. The Kier molecular flexibility index (Phi) is 5.32. The molecule has 1 aromatic carbocycles. The number of benzene rings is 1. The SMILES string of the molecule is CC(=O)c1cc(CC(=O)N[C@@H]2CC(C)(C)Cc3c2cnn3-c2cccc(F)c2)cs1. The van der Waals surface area contributed by atoms with Gasteiger partial charge in [0.05, 0.1) is 34.9 Å². The number of ketones is 1. The quantitative estimate of drug-likeness (QED) is 0.606. The predicted octanol–water partition coefficient (Wildman–Crippen LogP) is 4.65. The van der Waals surface area contributed by atoms with Gasteiger partial charge in [-0.2, -0.15) is 5.10 Å². The molecule has 0 spiro atoms. The third-order valence-electron chi connectivity index (χ3n) is 5.43. The topological polar surface area (TPSA) is 64.0 Å². The van der Waals surface area contributed by atoms with Gasteiger partial charge in [-0.05, 0) is 60.4 Å². The van der Waals surface area contributed by atoms with Crippen molar-refractivity contribution in [2.45, 2.75) is 46.1 Å². The minimum atomic E-state index is -0.308. The first-order chi connectivity index (χ1) is 14.2. The van der Waals surface area contributed by atoms with Gasteiger partial charge in [0.15, 0.2) is 5.78 Å². The molecule has 0 aliphatic heterocycles. The Bertz CT molecular complexity index is 1120. The highest BCUT2D eigenvalue weighted by Crippen LogP contribution is 2.41. The molecule has 1 N–H and O–H groups in total. The van der Waals surface area contributed by atoms with Crippen LogP contribution in [0.1, 0.15) is 59.7 Å². The molecule has 7 heteroatoms. The minimum Gasteiger partial charge on any atom is -0.349 e. The summed E-state index contributed by atoms with van der Waals surface area (Å²) in [6, 6.07) is 7.99. The molecule has 156 valence electrons. The molecule has 4 rings (SSSR count). The summed E-state index contributed by atoms with van der Waals surface area (Å²) in [6.07, 6.45) is 3.59. The lowest BCUT2D eigenvalue weighted by Gasteiger charge is -2.36. The highest BCUT2D eigenvalue weighted by atomic mass is 32.1. The largest absolute Gasteiger partial charge is 0.349 e. The zero-order chi connectivity index (χ0) is 21.5. The van der Waals surface area contributed by atoms with Crippen molar-refractivity contribution >= 4 is 23.0 Å². The zero-order valence-corrected chi connectivity index (χ0v) is 18.1. The van der Waals surface area contributed by atoms with E-state index in [9.17, 15) is 14.0 Å². The van der Waals surface area contributed by atoms with Crippen LogP contribution in [0.5, 0.6) is 0 Å². The molecule has 1 atom stereocenters. The van der Waals surface area contributed by atoms with E-state index in [1.165, 1.54) is 30.4 Å². The normalized spacial score (nSPS) is 17.4. The second-order valence-corrected chi connectivity index (χ2v) is 9.57. The van der Waals surface area contributed by atoms with Crippen molar-refractivity contribution in [2.24, 2.45) is 5.41 Å². The number of carbonyl (C=O) groups excluding carboxylic acids is 2. The van der Waals surface area contributed by atoms with E-state index >= 15 is 0 Å². The van der Waals surface area contributed by atoms with E-state index in [0.29, 0.717) is 10.6 Å². The molecule has 1 amide bonds. The molecular formula is C23H24FN3O2S. The van der Waals surface area contributed by atoms with Crippen molar-refractivity contribution < 1.29 is 14.0 Å². The molecule has 30 heavy (non-hydrogen) atoms. The maximum absolute atomic E-state index is 13.7. The number of amides is 1. The van der Waals surface area contributed by atoms with Crippen LogP contribution in [-0.4, -0.2) is 21.5 Å². The standard InChI is InChI=1S/C23H24FN3O2S/c1-14(28)21-7-15(13-30-21)8-22(29)26-19-10-23(2,3)11-20-18(19)12-25-27(20)17-6-4-5-16(24)9-17/h4-7,9,12-13,19H,8,10-11H2,1-3H3,(H,26,29)/t19-/m1/s1. The number of halogens is 1. The Morgan fingerprint density at radius 1 is 1.33 bits per heavy atom. The monoisotopic (exact) mass is 425 g/mol. The molecule has 2 aromatic heterocycles. The molecular weight excluding hydrogens is 401 g/mol. The van der Waals surface area contributed by atoms with Gasteiger partial charge < -0.3 is 5.32 Å². The van der Waals surface area contributed by atoms with Gasteiger partial charge in [0.25, 0.3) is 0 Å². The lowest BCUT2D eigenvalue weighted by Crippen LogP contribution is -2.37. The van der Waals surface area contributed by atoms with E-state index < -0.39 is 0 Å². The van der Waals surface area contributed by atoms with Crippen molar-refractivity contribution in [3.8, 4) is 5.69 Å². The van der Waals surface area contributed by atoms with E-state index in [0.717, 1.165) is 29.7 Å². The first kappa shape index (κ1) is 20.5. The van der Waals surface area contributed by atoms with Crippen molar-refractivity contribution in [3.63, 3.8) is 0 Å². The summed E-state index contributed by atoms with van der Waals surface area (Å²) in [5.74, 6) is -0.387. The lowest BCUT2D eigenvalue weighted by molar-refractivity contribution is -0.121. The van der Waals surface area contributed by atoms with Crippen LogP contribution in [0.25, 0.3) is 5.69 Å². The van der Waals surface area contributed by atoms with Crippen molar-refractivity contribution in [3.05, 3.63) is 69.4 Å². The molecule has 3 aromatic rings. The number of hydrogen-bond acceptors (Lipinski definition) is 4. The second-order valence-electron chi connectivity index (χ2n) is 8.66. The molecule has 1 aliphatic rings. The maximum atomic E-state index is 13.7. The summed E-state index contributed by atoms with van der Waals surface area (Å²) < 4.78 is 15.5. The lowest BCUT2D eigenvalue weighted by atomic mass is 9.74. The van der Waals surface area contributed by atoms with Gasteiger partial charge in [0, 0.05) is 5.56 Å². The Hall–Kier alpha value is -2.80. The van der Waals surface area contributed by atoms with Crippen LogP contribution in [-0.2, 0) is 17.6 Å². The predicted molar refractivity (Wildman–Crippen MR) is 115 cm³/mol. The average molecular weight is 426 g/mol. The summed E-state index contributed by atoms with van der Waals surface area (Å²) >= 11 is 1.36. The molecule has 0 bridgehead atoms. The first-order valence-corrected chi connectivity index (χ1v) is 10.8. The fraction of sp³-hybridized carbons (Fsp3) is 0.348. The van der Waals surface area contributed by atoms with E-state index in [4.69, 9.17) is 0 Å². The number of rotatable bonds is 5. The van der Waals surface area contributed by atoms with Crippen LogP contribution in [0.2, 0.25) is 0 Å². The first-order valence-electron chi connectivity index (χ1n) is 9.92. The highest BCUT2D eigenvalue weighted by Gasteiger charge is 2.36. The molecule has 1 aliphatic carbocycles. The Labute approximate surface area is 178 Å². The number of thiophene rings is 1. The summed E-state index contributed by atoms with van der Waals surface area (Å²) in [5, 5.41) is 9.50. The van der Waals surface area contributed by atoms with Crippen molar-refractivity contribution in [1.82, 2.24) is 15.1 Å². The fourth-order valence-corrected chi connectivity index (χ4v) is 4.90. The molecule has 0 saturated heterocycles. The van der Waals surface area contributed by atoms with Gasteiger partial charge in [-0.1, -0.05) is 19.9 Å². The number of Topliss-reactive ketones (excluding diaryl/α,β-unsaturated/α-hetero) is 1. The number of carbonyl (C=O) groups is 2. The Morgan fingerprint density at radius 2 is 2.13 bits per heavy atom. The van der Waals surface area contributed by atoms with Crippen molar-refractivity contribution in [1.29, 1.82) is 0 Å². The smallest absolute Gasteiger partial charge is 0.224 e. The van der Waals surface area contributed by atoms with Gasteiger partial charge in [0.1, 0.15) is 5.82 Å². The van der Waals surface area contributed by atoms with E-state index in [-0.39, 0.29) is 35.4 Å². The van der Waals surface area contributed by atoms with Gasteiger partial charge in [0.2, 0.25) is 5.91 Å². The molecule has 2 heterocycles. The molecule has 0 saturated carbocycles. The van der Waals surface area contributed by atoms with Gasteiger partial charge >= 0.3 is 0 Å². The summed E-state index contributed by atoms with van der Waals surface area (Å²) in [4.78, 5) is 24.9. The van der Waals surface area contributed by atoms with Crippen LogP contribution in [0.3, 0.4) is 0 Å². The van der Waals surface area contributed by atoms with Crippen LogP contribution in [0.4, 0.5) is 4.39 Å². The third-order valence-corrected chi connectivity index (χ3v) is 6.51. The Morgan fingerprint density at radius 3 is 2.83 bits per heavy atom. The maximum Gasteiger partial charge on any atom is 0.224 e. The van der Waals surface area contributed by atoms with Crippen LogP contribution in [0, 0.1) is 11.2 Å². The van der Waals surface area contributed by atoms with Gasteiger partial charge in [-0.3, -0.25) is 9.59 Å². The number of hydrogen-bond donors (Lipinski definition) is 1. The van der Waals surface area contributed by atoms with Gasteiger partial charge in [-0.25, -0.2) is 9.07 Å². The number of fused-ring (bicyclic) bond motifs is 1. The number of aromatic nitrogens is 2. The molecule has 0 radical (unpaired) electrons. The van der Waals surface area contributed by atoms with E-state index in [1.54, 1.807) is 23.0 Å². The highest BCUT2D eigenvalue weighted by molar-refractivity contribution is 7.12. The van der Waals surface area contributed by atoms with E-state index in [2.05, 4.69) is 24.3 Å². The average Bonchev–Trinajstić information content (AvgIpc) is 3.28. The third kappa shape index (κ3) is 4.21. The molecule has 0 fully saturated rings. The fourth-order valence-electron chi connectivity index (χ4n) is 4.09. The number of nitrogens with one attached hydrogen (secondary N) is 1. The van der Waals surface area contributed by atoms with E-state index in [1.807, 2.05) is 11.4 Å². The molecule has 0 unspecified atom stereocenters. The van der Waals surface area contributed by atoms with Crippen molar-refractivity contribution in [2.75, 3.05) is 0 Å². The zero-order valence-electron chi connectivity index (χ0n) is 17.2. The summed E-state index contributed by atoms with van der Waals surface area (Å²) in [7, 11) is 0.